The maximum Gasteiger partial charge on any atom is 0.325 e. The first-order chi connectivity index (χ1) is 13.5. The number of hydrogen-bond acceptors (Lipinski definition) is 5. The fraction of sp³-hybridized carbons (Fsp3) is 0.400. The second-order valence-corrected chi connectivity index (χ2v) is 8.14. The molecule has 9 heteroatoms. The van der Waals surface area contributed by atoms with E-state index in [4.69, 9.17) is 4.74 Å². The highest BCUT2D eigenvalue weighted by atomic mass is 16.5. The number of methoxy groups -OCH3 is 1. The monoisotopic (exact) mass is 399 g/mol. The summed E-state index contributed by atoms with van der Waals surface area (Å²) in [6, 6.07) is 7.93. The predicted molar refractivity (Wildman–Crippen MR) is 107 cm³/mol. The van der Waals surface area contributed by atoms with Gasteiger partial charge in [0.05, 0.1) is 7.11 Å². The molecule has 0 bridgehead atoms. The highest BCUT2D eigenvalue weighted by Gasteiger charge is 2.49. The molecule has 3 rings (SSSR count). The lowest BCUT2D eigenvalue weighted by Gasteiger charge is -2.22. The topological polar surface area (TPSA) is 116 Å². The molecule has 1 saturated heterocycles. The first-order valence-corrected chi connectivity index (χ1v) is 9.19. The molecule has 2 heterocycles. The Morgan fingerprint density at radius 1 is 1.24 bits per heavy atom. The van der Waals surface area contributed by atoms with E-state index in [1.165, 1.54) is 0 Å². The van der Waals surface area contributed by atoms with Gasteiger partial charge in [0.15, 0.2) is 5.82 Å². The zero-order valence-corrected chi connectivity index (χ0v) is 17.1. The van der Waals surface area contributed by atoms with Crippen molar-refractivity contribution >= 4 is 23.7 Å². The number of H-pyrrole nitrogens is 1. The van der Waals surface area contributed by atoms with Gasteiger partial charge < -0.3 is 15.4 Å². The summed E-state index contributed by atoms with van der Waals surface area (Å²) in [6.07, 6.45) is 0. The number of benzene rings is 1. The fourth-order valence-electron chi connectivity index (χ4n) is 3.06. The summed E-state index contributed by atoms with van der Waals surface area (Å²) >= 11 is 0. The smallest absolute Gasteiger partial charge is 0.325 e. The number of nitrogens with one attached hydrogen (secondary N) is 3. The van der Waals surface area contributed by atoms with Crippen molar-refractivity contribution in [3.8, 4) is 5.75 Å². The number of carbonyl (C=O) groups excluding carboxylic acids is 3. The van der Waals surface area contributed by atoms with Crippen molar-refractivity contribution < 1.29 is 19.1 Å². The van der Waals surface area contributed by atoms with Crippen LogP contribution in [0.25, 0.3) is 0 Å². The third kappa shape index (κ3) is 3.94. The van der Waals surface area contributed by atoms with Gasteiger partial charge in [-0.25, -0.2) is 4.79 Å². The Kier molecular flexibility index (Phi) is 5.08. The molecule has 0 saturated carbocycles. The molecule has 9 nitrogen and oxygen atoms in total. The summed E-state index contributed by atoms with van der Waals surface area (Å²) in [5.41, 5.74) is 0.0487. The molecule has 1 aliphatic rings. The number of aromatic amines is 1. The van der Waals surface area contributed by atoms with E-state index >= 15 is 0 Å². The molecule has 2 aromatic rings. The van der Waals surface area contributed by atoms with Crippen molar-refractivity contribution in [3.63, 3.8) is 0 Å². The van der Waals surface area contributed by atoms with Crippen molar-refractivity contribution in [2.45, 2.75) is 38.6 Å². The van der Waals surface area contributed by atoms with Crippen LogP contribution >= 0.6 is 0 Å². The van der Waals surface area contributed by atoms with Gasteiger partial charge in [0.1, 0.15) is 17.8 Å². The van der Waals surface area contributed by atoms with Crippen molar-refractivity contribution in [2.75, 3.05) is 19.0 Å². The Hall–Kier alpha value is -3.36. The molecule has 0 aliphatic carbocycles. The Labute approximate surface area is 168 Å². The normalized spacial score (nSPS) is 19.3. The Morgan fingerprint density at radius 2 is 1.90 bits per heavy atom. The molecule has 1 aliphatic heterocycles. The van der Waals surface area contributed by atoms with Crippen LogP contribution in [0.4, 0.5) is 10.6 Å². The van der Waals surface area contributed by atoms with Crippen LogP contribution in [-0.4, -0.2) is 46.6 Å². The molecule has 1 atom stereocenters. The largest absolute Gasteiger partial charge is 0.497 e. The van der Waals surface area contributed by atoms with Crippen LogP contribution in [0.2, 0.25) is 0 Å². The number of rotatable bonds is 5. The van der Waals surface area contributed by atoms with E-state index in [0.29, 0.717) is 17.1 Å². The lowest BCUT2D eigenvalue weighted by atomic mass is 9.92. The lowest BCUT2D eigenvalue weighted by molar-refractivity contribution is -0.133. The van der Waals surface area contributed by atoms with Crippen molar-refractivity contribution in [1.82, 2.24) is 20.4 Å². The zero-order chi connectivity index (χ0) is 21.4. The number of amides is 4. The van der Waals surface area contributed by atoms with E-state index in [1.54, 1.807) is 44.4 Å². The van der Waals surface area contributed by atoms with Gasteiger partial charge in [0.25, 0.3) is 5.91 Å². The molecule has 29 heavy (non-hydrogen) atoms. The zero-order valence-electron chi connectivity index (χ0n) is 17.1. The summed E-state index contributed by atoms with van der Waals surface area (Å²) < 4.78 is 5.12. The molecular formula is C20H25N5O4. The van der Waals surface area contributed by atoms with E-state index in [-0.39, 0.29) is 5.41 Å². The van der Waals surface area contributed by atoms with E-state index < -0.39 is 29.9 Å². The quantitative estimate of drug-likeness (QED) is 0.666. The molecular weight excluding hydrogens is 374 g/mol. The van der Waals surface area contributed by atoms with Crippen LogP contribution in [0.3, 0.4) is 0 Å². The van der Waals surface area contributed by atoms with E-state index in [9.17, 15) is 14.4 Å². The van der Waals surface area contributed by atoms with Crippen LogP contribution in [0, 0.1) is 0 Å². The number of imide groups is 1. The summed E-state index contributed by atoms with van der Waals surface area (Å²) in [4.78, 5) is 38.6. The molecule has 4 amide bonds. The van der Waals surface area contributed by atoms with Gasteiger partial charge in [0, 0.05) is 17.2 Å². The number of hydrogen-bond donors (Lipinski definition) is 3. The minimum Gasteiger partial charge on any atom is -0.497 e. The Balaban J connectivity index is 1.71. The second kappa shape index (κ2) is 7.23. The standard InChI is InChI=1S/C20H25N5O4/c1-19(2,3)14-10-15(24-23-14)21-16(26)11-25-17(27)20(4,22-18(25)28)12-6-8-13(29-5)9-7-12/h6-10H,11H2,1-5H3,(H,22,28)(H2,21,23,24,26). The maximum atomic E-state index is 12.9. The fourth-order valence-corrected chi connectivity index (χ4v) is 3.06. The van der Waals surface area contributed by atoms with Gasteiger partial charge in [-0.2, -0.15) is 5.10 Å². The third-order valence-corrected chi connectivity index (χ3v) is 4.90. The summed E-state index contributed by atoms with van der Waals surface area (Å²) in [5.74, 6) is -0.0384. The predicted octanol–water partition coefficient (Wildman–Crippen LogP) is 2.12. The highest BCUT2D eigenvalue weighted by molar-refractivity contribution is 6.10. The van der Waals surface area contributed by atoms with Gasteiger partial charge in [-0.3, -0.25) is 19.6 Å². The Bertz CT molecular complexity index is 945. The number of urea groups is 1. The summed E-state index contributed by atoms with van der Waals surface area (Å²) in [5, 5.41) is 12.2. The van der Waals surface area contributed by atoms with Gasteiger partial charge in [-0.05, 0) is 24.6 Å². The number of anilines is 1. The van der Waals surface area contributed by atoms with Gasteiger partial charge in [-0.1, -0.05) is 32.9 Å². The van der Waals surface area contributed by atoms with Crippen molar-refractivity contribution in [1.29, 1.82) is 0 Å². The summed E-state index contributed by atoms with van der Waals surface area (Å²) in [7, 11) is 1.55. The van der Waals surface area contributed by atoms with Crippen LogP contribution < -0.4 is 15.4 Å². The molecule has 0 spiro atoms. The first-order valence-electron chi connectivity index (χ1n) is 9.19. The molecule has 1 fully saturated rings. The van der Waals surface area contributed by atoms with E-state index in [0.717, 1.165) is 10.6 Å². The van der Waals surface area contributed by atoms with Crippen LogP contribution in [-0.2, 0) is 20.5 Å². The number of aromatic nitrogens is 2. The van der Waals surface area contributed by atoms with E-state index in [2.05, 4.69) is 20.8 Å². The van der Waals surface area contributed by atoms with Gasteiger partial charge in [0.2, 0.25) is 5.91 Å². The van der Waals surface area contributed by atoms with E-state index in [1.807, 2.05) is 20.8 Å². The highest BCUT2D eigenvalue weighted by Crippen LogP contribution is 2.30. The molecule has 154 valence electrons. The second-order valence-electron chi connectivity index (χ2n) is 8.14. The van der Waals surface area contributed by atoms with Crippen molar-refractivity contribution in [2.24, 2.45) is 0 Å². The average Bonchev–Trinajstić information content (AvgIpc) is 3.21. The van der Waals surface area contributed by atoms with Crippen molar-refractivity contribution in [3.05, 3.63) is 41.6 Å². The number of carbonyl (C=O) groups is 3. The molecule has 1 unspecified atom stereocenters. The molecule has 0 radical (unpaired) electrons. The third-order valence-electron chi connectivity index (χ3n) is 4.90. The molecule has 3 N–H and O–H groups in total. The minimum atomic E-state index is -1.25. The number of nitrogens with zero attached hydrogens (tertiary/aromatic N) is 2. The van der Waals surface area contributed by atoms with Crippen LogP contribution in [0.15, 0.2) is 30.3 Å². The van der Waals surface area contributed by atoms with Gasteiger partial charge in [-0.15, -0.1) is 0 Å². The lowest BCUT2D eigenvalue weighted by Crippen LogP contribution is -2.42. The Morgan fingerprint density at radius 3 is 2.45 bits per heavy atom. The maximum absolute atomic E-state index is 12.9. The van der Waals surface area contributed by atoms with Gasteiger partial charge >= 0.3 is 6.03 Å². The average molecular weight is 399 g/mol. The van der Waals surface area contributed by atoms with Crippen LogP contribution in [0.5, 0.6) is 5.75 Å². The van der Waals surface area contributed by atoms with Crippen LogP contribution in [0.1, 0.15) is 39.0 Å². The minimum absolute atomic E-state index is 0.152. The molecule has 1 aromatic carbocycles. The first kappa shape index (κ1) is 20.4. The molecule has 1 aromatic heterocycles. The number of ether oxygens (including phenoxy) is 1. The summed E-state index contributed by atoms with van der Waals surface area (Å²) in [6.45, 7) is 7.24. The SMILES string of the molecule is COc1ccc(C2(C)NC(=O)N(CC(=O)Nc3cc(C(C)(C)C)[nH]n3)C2=O)cc1.